The molecule has 0 amide bonds. The van der Waals surface area contributed by atoms with Gasteiger partial charge in [0.05, 0.1) is 5.02 Å². The number of nitrogens with two attached hydrogens (primary N) is 1. The zero-order chi connectivity index (χ0) is 13.8. The first-order chi connectivity index (χ1) is 9.11. The second kappa shape index (κ2) is 6.33. The van der Waals surface area contributed by atoms with Crippen LogP contribution in [0.15, 0.2) is 47.4 Å². The van der Waals surface area contributed by atoms with Gasteiger partial charge < -0.3 is 10.5 Å². The van der Waals surface area contributed by atoms with E-state index < -0.39 is 0 Å². The molecule has 4 heteroatoms. The third-order valence-corrected chi connectivity index (χ3v) is 3.84. The van der Waals surface area contributed by atoms with Gasteiger partial charge in [0.15, 0.2) is 0 Å². The predicted molar refractivity (Wildman–Crippen MR) is 82.4 cm³/mol. The van der Waals surface area contributed by atoms with E-state index in [4.69, 9.17) is 22.1 Å². The maximum Gasteiger partial charge on any atom is 0.146 e. The summed E-state index contributed by atoms with van der Waals surface area (Å²) in [4.78, 5) is 1.08. The van der Waals surface area contributed by atoms with Crippen molar-refractivity contribution in [1.82, 2.24) is 0 Å². The molecule has 0 aliphatic rings. The number of benzene rings is 2. The molecule has 0 heterocycles. The highest BCUT2D eigenvalue weighted by atomic mass is 35.5. The van der Waals surface area contributed by atoms with Crippen LogP contribution >= 0.6 is 23.4 Å². The lowest BCUT2D eigenvalue weighted by molar-refractivity contribution is 0.471. The van der Waals surface area contributed by atoms with E-state index in [1.807, 2.05) is 55.6 Å². The van der Waals surface area contributed by atoms with E-state index >= 15 is 0 Å². The number of rotatable bonds is 4. The first-order valence-electron chi connectivity index (χ1n) is 5.97. The van der Waals surface area contributed by atoms with Gasteiger partial charge in [-0.25, -0.2) is 0 Å². The summed E-state index contributed by atoms with van der Waals surface area (Å²) in [6.07, 6.45) is 2.02. The second-order valence-electron chi connectivity index (χ2n) is 4.23. The molecule has 2 nitrogen and oxygen atoms in total. The minimum absolute atomic E-state index is 0.0370. The Bertz CT molecular complexity index is 572. The topological polar surface area (TPSA) is 35.2 Å². The van der Waals surface area contributed by atoms with E-state index in [-0.39, 0.29) is 6.04 Å². The summed E-state index contributed by atoms with van der Waals surface area (Å²) in [6.45, 7) is 1.93. The molecule has 0 aliphatic carbocycles. The van der Waals surface area contributed by atoms with Gasteiger partial charge in [-0.1, -0.05) is 29.8 Å². The third kappa shape index (κ3) is 3.44. The number of hydrogen-bond acceptors (Lipinski definition) is 3. The summed E-state index contributed by atoms with van der Waals surface area (Å²) in [7, 11) is 0. The molecule has 2 N–H and O–H groups in total. The molecule has 0 saturated carbocycles. The number of para-hydroxylation sites is 1. The monoisotopic (exact) mass is 293 g/mol. The van der Waals surface area contributed by atoms with E-state index in [1.54, 1.807) is 11.8 Å². The normalized spacial score (nSPS) is 12.2. The van der Waals surface area contributed by atoms with E-state index in [1.165, 1.54) is 0 Å². The highest BCUT2D eigenvalue weighted by molar-refractivity contribution is 7.98. The Morgan fingerprint density at radius 2 is 1.89 bits per heavy atom. The van der Waals surface area contributed by atoms with Gasteiger partial charge in [-0.3, -0.25) is 0 Å². The maximum atomic E-state index is 6.23. The Morgan fingerprint density at radius 3 is 2.53 bits per heavy atom. The Hall–Kier alpha value is -1.16. The zero-order valence-corrected chi connectivity index (χ0v) is 12.5. The van der Waals surface area contributed by atoms with Crippen molar-refractivity contribution in [3.63, 3.8) is 0 Å². The number of halogens is 1. The van der Waals surface area contributed by atoms with Gasteiger partial charge in [0.25, 0.3) is 0 Å². The van der Waals surface area contributed by atoms with Crippen molar-refractivity contribution in [3.05, 3.63) is 53.1 Å². The SMILES string of the molecule is CSc1ccccc1Oc1ccc(C(C)N)cc1Cl. The van der Waals surface area contributed by atoms with Gasteiger partial charge in [-0.2, -0.15) is 0 Å². The van der Waals surface area contributed by atoms with Crippen LogP contribution in [-0.4, -0.2) is 6.26 Å². The van der Waals surface area contributed by atoms with E-state index in [2.05, 4.69) is 0 Å². The maximum absolute atomic E-state index is 6.23. The van der Waals surface area contributed by atoms with Crippen LogP contribution in [0.25, 0.3) is 0 Å². The summed E-state index contributed by atoms with van der Waals surface area (Å²) in [6, 6.07) is 13.5. The summed E-state index contributed by atoms with van der Waals surface area (Å²) in [5, 5.41) is 0.575. The van der Waals surface area contributed by atoms with Crippen LogP contribution in [0.2, 0.25) is 5.02 Å². The fourth-order valence-corrected chi connectivity index (χ4v) is 2.46. The lowest BCUT2D eigenvalue weighted by Gasteiger charge is -2.12. The van der Waals surface area contributed by atoms with Crippen molar-refractivity contribution in [3.8, 4) is 11.5 Å². The molecule has 19 heavy (non-hydrogen) atoms. The Labute approximate surface area is 122 Å². The predicted octanol–water partition coefficient (Wildman–Crippen LogP) is 4.87. The van der Waals surface area contributed by atoms with Crippen LogP contribution in [0, 0.1) is 0 Å². The molecule has 1 unspecified atom stereocenters. The minimum atomic E-state index is -0.0370. The first kappa shape index (κ1) is 14.3. The first-order valence-corrected chi connectivity index (χ1v) is 7.58. The summed E-state index contributed by atoms with van der Waals surface area (Å²) >= 11 is 7.87. The summed E-state index contributed by atoms with van der Waals surface area (Å²) in [5.74, 6) is 1.46. The van der Waals surface area contributed by atoms with Crippen LogP contribution in [0.3, 0.4) is 0 Å². The van der Waals surface area contributed by atoms with Crippen molar-refractivity contribution in [2.24, 2.45) is 5.73 Å². The molecule has 0 fully saturated rings. The zero-order valence-electron chi connectivity index (χ0n) is 10.9. The van der Waals surface area contributed by atoms with E-state index in [9.17, 15) is 0 Å². The van der Waals surface area contributed by atoms with Gasteiger partial charge in [0.1, 0.15) is 11.5 Å². The van der Waals surface area contributed by atoms with Gasteiger partial charge in [0, 0.05) is 10.9 Å². The highest BCUT2D eigenvalue weighted by Gasteiger charge is 2.09. The molecule has 0 spiro atoms. The molecule has 0 bridgehead atoms. The van der Waals surface area contributed by atoms with E-state index in [0.717, 1.165) is 16.2 Å². The molecule has 0 aliphatic heterocycles. The highest BCUT2D eigenvalue weighted by Crippen LogP contribution is 2.35. The standard InChI is InChI=1S/C15H16ClNOS/c1-10(17)11-7-8-13(12(16)9-11)18-14-5-3-4-6-15(14)19-2/h3-10H,17H2,1-2H3. The molecule has 2 aromatic carbocycles. The van der Waals surface area contributed by atoms with Crippen molar-refractivity contribution in [1.29, 1.82) is 0 Å². The number of hydrogen-bond donors (Lipinski definition) is 1. The summed E-state index contributed by atoms with van der Waals surface area (Å²) in [5.41, 5.74) is 6.82. The van der Waals surface area contributed by atoms with Gasteiger partial charge in [0.2, 0.25) is 0 Å². The lowest BCUT2D eigenvalue weighted by Crippen LogP contribution is -2.04. The average molecular weight is 294 g/mol. The minimum Gasteiger partial charge on any atom is -0.455 e. The molecule has 100 valence electrons. The summed E-state index contributed by atoms with van der Waals surface area (Å²) < 4.78 is 5.87. The van der Waals surface area contributed by atoms with Crippen molar-refractivity contribution in [2.45, 2.75) is 17.9 Å². The quantitative estimate of drug-likeness (QED) is 0.817. The van der Waals surface area contributed by atoms with Crippen molar-refractivity contribution in [2.75, 3.05) is 6.26 Å². The lowest BCUT2D eigenvalue weighted by atomic mass is 10.1. The average Bonchev–Trinajstić information content (AvgIpc) is 2.41. The van der Waals surface area contributed by atoms with Crippen molar-refractivity contribution < 1.29 is 4.74 Å². The largest absolute Gasteiger partial charge is 0.455 e. The smallest absolute Gasteiger partial charge is 0.146 e. The van der Waals surface area contributed by atoms with E-state index in [0.29, 0.717) is 10.8 Å². The van der Waals surface area contributed by atoms with Crippen LogP contribution in [0.5, 0.6) is 11.5 Å². The second-order valence-corrected chi connectivity index (χ2v) is 5.49. The molecular weight excluding hydrogens is 278 g/mol. The van der Waals surface area contributed by atoms with Gasteiger partial charge in [-0.05, 0) is 43.0 Å². The molecule has 2 aromatic rings. The van der Waals surface area contributed by atoms with Crippen LogP contribution in [-0.2, 0) is 0 Å². The van der Waals surface area contributed by atoms with Crippen LogP contribution in [0.4, 0.5) is 0 Å². The molecule has 2 rings (SSSR count). The number of ether oxygens (including phenoxy) is 1. The van der Waals surface area contributed by atoms with Gasteiger partial charge in [-0.15, -0.1) is 11.8 Å². The van der Waals surface area contributed by atoms with Crippen LogP contribution < -0.4 is 10.5 Å². The van der Waals surface area contributed by atoms with Crippen molar-refractivity contribution >= 4 is 23.4 Å². The fraction of sp³-hybridized carbons (Fsp3) is 0.200. The molecule has 0 saturated heterocycles. The molecular formula is C15H16ClNOS. The molecule has 0 aromatic heterocycles. The molecule has 0 radical (unpaired) electrons. The Balaban J connectivity index is 2.28. The Kier molecular flexibility index (Phi) is 4.75. The Morgan fingerprint density at radius 1 is 1.16 bits per heavy atom. The fourth-order valence-electron chi connectivity index (χ4n) is 1.70. The van der Waals surface area contributed by atoms with Crippen LogP contribution in [0.1, 0.15) is 18.5 Å². The third-order valence-electron chi connectivity index (χ3n) is 2.77. The number of thioether (sulfide) groups is 1. The van der Waals surface area contributed by atoms with Gasteiger partial charge >= 0.3 is 0 Å². The molecule has 1 atom stereocenters.